The molecule has 3 aromatic rings. The Morgan fingerprint density at radius 2 is 2.00 bits per heavy atom. The Balaban J connectivity index is 1.92. The number of aromatic amines is 1. The smallest absolute Gasteiger partial charge is 0.277 e. The van der Waals surface area contributed by atoms with Crippen LogP contribution in [0, 0.1) is 0 Å². The Hall–Kier alpha value is -2.76. The van der Waals surface area contributed by atoms with Crippen LogP contribution in [0.2, 0.25) is 0 Å². The van der Waals surface area contributed by atoms with Gasteiger partial charge < -0.3 is 5.32 Å². The minimum atomic E-state index is -0.322. The summed E-state index contributed by atoms with van der Waals surface area (Å²) in [7, 11) is 0. The molecule has 0 saturated carbocycles. The minimum Gasteiger partial charge on any atom is -0.306 e. The highest BCUT2D eigenvalue weighted by Gasteiger charge is 2.09. The second-order valence-electron chi connectivity index (χ2n) is 3.67. The fraction of sp³-hybridized carbons (Fsp3) is 0. The van der Waals surface area contributed by atoms with Gasteiger partial charge in [-0.15, -0.1) is 0 Å². The van der Waals surface area contributed by atoms with Crippen LogP contribution in [0.25, 0.3) is 11.0 Å². The molecule has 1 aromatic carbocycles. The molecule has 0 atom stereocenters. The molecule has 18 heavy (non-hydrogen) atoms. The van der Waals surface area contributed by atoms with Gasteiger partial charge in [0.15, 0.2) is 0 Å². The Bertz CT molecular complexity index is 693. The number of aromatic nitrogens is 4. The zero-order valence-corrected chi connectivity index (χ0v) is 9.29. The van der Waals surface area contributed by atoms with E-state index in [2.05, 4.69) is 25.5 Å². The SMILES string of the molecule is O=C(Nc1ccn[nH]1)c1cnc2ccccc2n1. The summed E-state index contributed by atoms with van der Waals surface area (Å²) in [6.45, 7) is 0. The lowest BCUT2D eigenvalue weighted by Crippen LogP contribution is -2.14. The zero-order chi connectivity index (χ0) is 12.4. The van der Waals surface area contributed by atoms with Gasteiger partial charge in [0, 0.05) is 6.07 Å². The molecule has 0 aliphatic rings. The number of anilines is 1. The number of amides is 1. The van der Waals surface area contributed by atoms with Crippen LogP contribution in [0.15, 0.2) is 42.7 Å². The van der Waals surface area contributed by atoms with Crippen molar-refractivity contribution < 1.29 is 4.79 Å². The van der Waals surface area contributed by atoms with Crippen molar-refractivity contribution in [2.24, 2.45) is 0 Å². The van der Waals surface area contributed by atoms with Crippen molar-refractivity contribution >= 4 is 22.8 Å². The van der Waals surface area contributed by atoms with E-state index in [0.29, 0.717) is 11.3 Å². The first-order valence-corrected chi connectivity index (χ1v) is 5.35. The van der Waals surface area contributed by atoms with E-state index in [9.17, 15) is 4.79 Å². The fourth-order valence-corrected chi connectivity index (χ4v) is 1.58. The highest BCUT2D eigenvalue weighted by Crippen LogP contribution is 2.09. The summed E-state index contributed by atoms with van der Waals surface area (Å²) in [5, 5.41) is 9.03. The first-order valence-electron chi connectivity index (χ1n) is 5.35. The lowest BCUT2D eigenvalue weighted by Gasteiger charge is -2.02. The van der Waals surface area contributed by atoms with E-state index in [1.54, 1.807) is 12.3 Å². The Morgan fingerprint density at radius 3 is 2.78 bits per heavy atom. The Kier molecular flexibility index (Phi) is 2.45. The van der Waals surface area contributed by atoms with Gasteiger partial charge >= 0.3 is 0 Å². The second-order valence-corrected chi connectivity index (χ2v) is 3.67. The fourth-order valence-electron chi connectivity index (χ4n) is 1.58. The average Bonchev–Trinajstić information content (AvgIpc) is 2.91. The highest BCUT2D eigenvalue weighted by molar-refractivity contribution is 6.02. The lowest BCUT2D eigenvalue weighted by molar-refractivity contribution is 0.102. The van der Waals surface area contributed by atoms with Crippen LogP contribution in [0.3, 0.4) is 0 Å². The van der Waals surface area contributed by atoms with Gasteiger partial charge in [-0.1, -0.05) is 12.1 Å². The number of benzene rings is 1. The zero-order valence-electron chi connectivity index (χ0n) is 9.29. The maximum Gasteiger partial charge on any atom is 0.277 e. The van der Waals surface area contributed by atoms with Crippen LogP contribution in [0.5, 0.6) is 0 Å². The summed E-state index contributed by atoms with van der Waals surface area (Å²) >= 11 is 0. The van der Waals surface area contributed by atoms with Crippen LogP contribution in [0.1, 0.15) is 10.5 Å². The van der Waals surface area contributed by atoms with Crippen molar-refractivity contribution in [1.29, 1.82) is 0 Å². The van der Waals surface area contributed by atoms with E-state index in [1.807, 2.05) is 24.3 Å². The second kappa shape index (κ2) is 4.25. The van der Waals surface area contributed by atoms with Gasteiger partial charge in [0.2, 0.25) is 0 Å². The summed E-state index contributed by atoms with van der Waals surface area (Å²) in [4.78, 5) is 20.3. The van der Waals surface area contributed by atoms with Gasteiger partial charge in [-0.2, -0.15) is 5.10 Å². The van der Waals surface area contributed by atoms with Crippen LogP contribution < -0.4 is 5.32 Å². The Labute approximate surface area is 102 Å². The number of rotatable bonds is 2. The van der Waals surface area contributed by atoms with Crippen LogP contribution in [0.4, 0.5) is 5.82 Å². The molecular weight excluding hydrogens is 230 g/mol. The Morgan fingerprint density at radius 1 is 1.17 bits per heavy atom. The van der Waals surface area contributed by atoms with E-state index in [1.165, 1.54) is 6.20 Å². The normalized spacial score (nSPS) is 10.4. The number of carbonyl (C=O) groups excluding carboxylic acids is 1. The van der Waals surface area contributed by atoms with E-state index in [-0.39, 0.29) is 11.6 Å². The first-order chi connectivity index (χ1) is 8.83. The third kappa shape index (κ3) is 1.91. The predicted molar refractivity (Wildman–Crippen MR) is 66.1 cm³/mol. The largest absolute Gasteiger partial charge is 0.306 e. The van der Waals surface area contributed by atoms with Gasteiger partial charge in [0.25, 0.3) is 5.91 Å². The first kappa shape index (κ1) is 10.4. The molecule has 0 spiro atoms. The molecule has 2 aromatic heterocycles. The average molecular weight is 239 g/mol. The molecule has 0 aliphatic heterocycles. The van der Waals surface area contributed by atoms with Crippen LogP contribution in [-0.2, 0) is 0 Å². The van der Waals surface area contributed by atoms with Crippen molar-refractivity contribution in [3.05, 3.63) is 48.4 Å². The van der Waals surface area contributed by atoms with Crippen molar-refractivity contribution in [1.82, 2.24) is 20.2 Å². The molecule has 0 radical (unpaired) electrons. The third-order valence-electron chi connectivity index (χ3n) is 2.43. The quantitative estimate of drug-likeness (QED) is 0.711. The standard InChI is InChI=1S/C12H9N5O/c18-12(16-11-5-6-14-17-11)10-7-13-8-3-1-2-4-9(8)15-10/h1-7H,(H2,14,16,17,18). The van der Waals surface area contributed by atoms with Gasteiger partial charge in [-0.25, -0.2) is 4.98 Å². The van der Waals surface area contributed by atoms with E-state index in [0.717, 1.165) is 5.52 Å². The summed E-state index contributed by atoms with van der Waals surface area (Å²) in [6, 6.07) is 9.05. The number of nitrogens with one attached hydrogen (secondary N) is 2. The molecule has 3 rings (SSSR count). The molecule has 88 valence electrons. The van der Waals surface area contributed by atoms with Crippen LogP contribution >= 0.6 is 0 Å². The molecular formula is C12H9N5O. The minimum absolute atomic E-state index is 0.267. The molecule has 2 N–H and O–H groups in total. The van der Waals surface area contributed by atoms with Gasteiger partial charge in [0.05, 0.1) is 23.4 Å². The maximum absolute atomic E-state index is 11.9. The summed E-state index contributed by atoms with van der Waals surface area (Å²) in [6.07, 6.45) is 3.01. The number of H-pyrrole nitrogens is 1. The monoisotopic (exact) mass is 239 g/mol. The summed E-state index contributed by atoms with van der Waals surface area (Å²) < 4.78 is 0. The van der Waals surface area contributed by atoms with E-state index < -0.39 is 0 Å². The number of hydrogen-bond donors (Lipinski definition) is 2. The van der Waals surface area contributed by atoms with Crippen molar-refractivity contribution in [3.8, 4) is 0 Å². The maximum atomic E-state index is 11.9. The molecule has 0 aliphatic carbocycles. The molecule has 0 saturated heterocycles. The molecule has 2 heterocycles. The number of nitrogens with zero attached hydrogens (tertiary/aromatic N) is 3. The number of para-hydroxylation sites is 2. The van der Waals surface area contributed by atoms with E-state index in [4.69, 9.17) is 0 Å². The molecule has 6 nitrogen and oxygen atoms in total. The highest BCUT2D eigenvalue weighted by atomic mass is 16.2. The van der Waals surface area contributed by atoms with Gasteiger partial charge in [-0.05, 0) is 12.1 Å². The number of hydrogen-bond acceptors (Lipinski definition) is 4. The van der Waals surface area contributed by atoms with E-state index >= 15 is 0 Å². The molecule has 0 unspecified atom stereocenters. The molecule has 0 bridgehead atoms. The summed E-state index contributed by atoms with van der Waals surface area (Å²) in [5.74, 6) is 0.201. The summed E-state index contributed by atoms with van der Waals surface area (Å²) in [5.41, 5.74) is 1.72. The lowest BCUT2D eigenvalue weighted by atomic mass is 10.3. The van der Waals surface area contributed by atoms with Gasteiger partial charge in [-0.3, -0.25) is 14.9 Å². The topological polar surface area (TPSA) is 83.6 Å². The predicted octanol–water partition coefficient (Wildman–Crippen LogP) is 1.61. The van der Waals surface area contributed by atoms with Crippen LogP contribution in [-0.4, -0.2) is 26.1 Å². The van der Waals surface area contributed by atoms with Crippen molar-refractivity contribution in [2.45, 2.75) is 0 Å². The van der Waals surface area contributed by atoms with Crippen molar-refractivity contribution in [2.75, 3.05) is 5.32 Å². The van der Waals surface area contributed by atoms with Crippen molar-refractivity contribution in [3.63, 3.8) is 0 Å². The number of carbonyl (C=O) groups is 1. The molecule has 1 amide bonds. The molecule has 0 fully saturated rings. The number of fused-ring (bicyclic) bond motifs is 1. The third-order valence-corrected chi connectivity index (χ3v) is 2.43. The van der Waals surface area contributed by atoms with Gasteiger partial charge in [0.1, 0.15) is 11.5 Å². The molecule has 6 heteroatoms.